The summed E-state index contributed by atoms with van der Waals surface area (Å²) >= 11 is 1.20. The number of hydrogen-bond acceptors (Lipinski definition) is 1. The van der Waals surface area contributed by atoms with E-state index in [9.17, 15) is 0 Å². The molecule has 0 atom stereocenters. The van der Waals surface area contributed by atoms with Gasteiger partial charge in [0.25, 0.3) is 0 Å². The molecule has 0 radical (unpaired) electrons. The fraction of sp³-hybridized carbons (Fsp3) is 0.143. The molecule has 50 valence electrons. The summed E-state index contributed by atoms with van der Waals surface area (Å²) in [4.78, 5) is 0. The van der Waals surface area contributed by atoms with Crippen molar-refractivity contribution >= 4 is 4.16 Å². The number of rotatable bonds is 1. The van der Waals surface area contributed by atoms with Crippen LogP contribution in [0.4, 0.5) is 0 Å². The minimum Gasteiger partial charge on any atom is -1.00 e. The van der Waals surface area contributed by atoms with Crippen molar-refractivity contribution in [2.24, 2.45) is 5.73 Å². The molecule has 0 aliphatic heterocycles. The summed E-state index contributed by atoms with van der Waals surface area (Å²) in [5.74, 6) is 0. The molecule has 0 aliphatic rings. The summed E-state index contributed by atoms with van der Waals surface area (Å²) in [5.41, 5.74) is 6.76. The van der Waals surface area contributed by atoms with E-state index < -0.39 is 0 Å². The molecule has 0 saturated carbocycles. The summed E-state index contributed by atoms with van der Waals surface area (Å²) in [6.07, 6.45) is 0. The van der Waals surface area contributed by atoms with Gasteiger partial charge in [-0.05, 0) is 0 Å². The molecule has 0 heterocycles. The largest absolute Gasteiger partial charge is 1.00 e. The third-order valence-electron chi connectivity index (χ3n) is 1.34. The first-order chi connectivity index (χ1) is 4.34. The van der Waals surface area contributed by atoms with Gasteiger partial charge >= 0.3 is 64.6 Å². The third kappa shape index (κ3) is 2.64. The molecule has 0 bridgehead atoms. The van der Waals surface area contributed by atoms with E-state index >= 15 is 0 Å². The molecule has 0 amide bonds. The van der Waals surface area contributed by atoms with E-state index in [2.05, 4.69) is 18.2 Å². The predicted octanol–water partition coefficient (Wildman–Crippen LogP) is -2.68. The second-order valence-corrected chi connectivity index (χ2v) is 3.57. The van der Waals surface area contributed by atoms with Gasteiger partial charge in [0.15, 0.2) is 0 Å². The van der Waals surface area contributed by atoms with E-state index in [0.717, 1.165) is 0 Å². The van der Waals surface area contributed by atoms with E-state index in [1.165, 1.54) is 28.0 Å². The van der Waals surface area contributed by atoms with E-state index in [4.69, 9.17) is 5.73 Å². The first kappa shape index (κ1) is 10.5. The van der Waals surface area contributed by atoms with Crippen molar-refractivity contribution in [3.63, 3.8) is 0 Å². The van der Waals surface area contributed by atoms with Crippen molar-refractivity contribution in [3.05, 3.63) is 29.8 Å². The van der Waals surface area contributed by atoms with Gasteiger partial charge in [0.05, 0.1) is 0 Å². The fourth-order valence-electron chi connectivity index (χ4n) is 0.757. The smallest absolute Gasteiger partial charge is 1.00 e. The summed E-state index contributed by atoms with van der Waals surface area (Å²) in [6.45, 7) is 0.677. The summed E-state index contributed by atoms with van der Waals surface area (Å²) < 4.78 is 1.40. The Balaban J connectivity index is 0.000000810. The topological polar surface area (TPSA) is 26.0 Å². The number of benzene rings is 1. The van der Waals surface area contributed by atoms with Crippen molar-refractivity contribution in [2.45, 2.75) is 6.54 Å². The van der Waals surface area contributed by atoms with Crippen LogP contribution in [0.2, 0.25) is 0 Å². The van der Waals surface area contributed by atoms with E-state index in [1.54, 1.807) is 0 Å². The van der Waals surface area contributed by atoms with Crippen LogP contribution in [-0.2, 0) is 24.8 Å². The Morgan fingerprint density at radius 1 is 1.30 bits per heavy atom. The summed E-state index contributed by atoms with van der Waals surface area (Å²) in [7, 11) is 0. The van der Waals surface area contributed by atoms with Crippen LogP contribution >= 0.6 is 0 Å². The van der Waals surface area contributed by atoms with Crippen molar-refractivity contribution in [1.82, 2.24) is 0 Å². The number of hydrogen-bond donors (Lipinski definition) is 1. The molecular formula is C7H8INZn. The second-order valence-electron chi connectivity index (χ2n) is 1.97. The maximum Gasteiger partial charge on any atom is -1.00 e. The Morgan fingerprint density at radius 2 is 1.90 bits per heavy atom. The van der Waals surface area contributed by atoms with Crippen LogP contribution in [0, 0.1) is 0 Å². The van der Waals surface area contributed by atoms with Crippen LogP contribution in [0.15, 0.2) is 24.3 Å². The Labute approximate surface area is 88.1 Å². The van der Waals surface area contributed by atoms with Crippen LogP contribution in [0.1, 0.15) is 5.56 Å². The monoisotopic (exact) mass is 297 g/mol. The molecule has 0 aliphatic carbocycles. The molecule has 0 spiro atoms. The summed E-state index contributed by atoms with van der Waals surface area (Å²) in [5, 5.41) is 0. The molecule has 0 saturated heterocycles. The maximum absolute atomic E-state index is 5.47. The Hall–Kier alpha value is 0.533. The van der Waals surface area contributed by atoms with Gasteiger partial charge in [0.2, 0.25) is 0 Å². The zero-order valence-electron chi connectivity index (χ0n) is 5.68. The Morgan fingerprint density at radius 3 is 2.30 bits per heavy atom. The van der Waals surface area contributed by atoms with Gasteiger partial charge in [-0.3, -0.25) is 0 Å². The van der Waals surface area contributed by atoms with Gasteiger partial charge in [-0.2, -0.15) is 0 Å². The first-order valence-corrected chi connectivity index (χ1v) is 4.43. The van der Waals surface area contributed by atoms with Gasteiger partial charge in [-0.1, -0.05) is 0 Å². The third-order valence-corrected chi connectivity index (χ3v) is 2.79. The van der Waals surface area contributed by atoms with Crippen molar-refractivity contribution in [2.75, 3.05) is 0 Å². The molecule has 0 fully saturated rings. The predicted molar refractivity (Wildman–Crippen MR) is 34.0 cm³/mol. The van der Waals surface area contributed by atoms with Crippen molar-refractivity contribution < 1.29 is 42.3 Å². The fourth-order valence-corrected chi connectivity index (χ4v) is 1.59. The molecule has 0 aromatic heterocycles. The Kier molecular flexibility index (Phi) is 5.50. The van der Waals surface area contributed by atoms with Crippen LogP contribution in [0.5, 0.6) is 0 Å². The van der Waals surface area contributed by atoms with Crippen LogP contribution in [0.3, 0.4) is 0 Å². The van der Waals surface area contributed by atoms with Crippen LogP contribution in [-0.4, -0.2) is 0 Å². The van der Waals surface area contributed by atoms with Gasteiger partial charge in [-0.25, -0.2) is 0 Å². The van der Waals surface area contributed by atoms with Gasteiger partial charge in [0, 0.05) is 0 Å². The van der Waals surface area contributed by atoms with Crippen LogP contribution in [0.25, 0.3) is 0 Å². The molecule has 2 N–H and O–H groups in total. The van der Waals surface area contributed by atoms with E-state index in [-0.39, 0.29) is 24.0 Å². The molecule has 10 heavy (non-hydrogen) atoms. The zero-order chi connectivity index (χ0) is 6.69. The molecule has 3 heteroatoms. The molecule has 0 unspecified atom stereocenters. The van der Waals surface area contributed by atoms with E-state index in [0.29, 0.717) is 6.54 Å². The number of nitrogens with two attached hydrogens (primary N) is 1. The minimum atomic E-state index is 0. The molecule has 1 aromatic rings. The van der Waals surface area contributed by atoms with Gasteiger partial charge in [-0.15, -0.1) is 0 Å². The second kappa shape index (κ2) is 5.22. The summed E-state index contributed by atoms with van der Waals surface area (Å²) in [6, 6.07) is 8.29. The standard InChI is InChI=1S/C7H8N.HI.Zn/c8-6-7-4-2-1-3-5-7;;/h1-4H,6,8H2;1H;/q;;+1/p-1. The van der Waals surface area contributed by atoms with Crippen molar-refractivity contribution in [1.29, 1.82) is 0 Å². The quantitative estimate of drug-likeness (QED) is 0.444. The average Bonchev–Trinajstić information content (AvgIpc) is 1.89. The van der Waals surface area contributed by atoms with E-state index in [1.807, 2.05) is 6.07 Å². The van der Waals surface area contributed by atoms with Crippen LogP contribution < -0.4 is 33.9 Å². The molecule has 1 nitrogen and oxygen atoms in total. The average molecular weight is 298 g/mol. The first-order valence-electron chi connectivity index (χ1n) is 2.94. The molecular weight excluding hydrogens is 290 g/mol. The SMILES string of the molecule is NCc1cccc[c]1[Zn+].[I-]. The Bertz CT molecular complexity index is 203. The maximum atomic E-state index is 5.47. The number of halogens is 1. The van der Waals surface area contributed by atoms with Gasteiger partial charge < -0.3 is 24.0 Å². The van der Waals surface area contributed by atoms with Crippen molar-refractivity contribution in [3.8, 4) is 0 Å². The van der Waals surface area contributed by atoms with Gasteiger partial charge in [0.1, 0.15) is 0 Å². The minimum absolute atomic E-state index is 0. The molecule has 1 rings (SSSR count). The molecule has 1 aromatic carbocycles. The zero-order valence-corrected chi connectivity index (χ0v) is 10.8. The normalized spacial score (nSPS) is 8.70.